The topological polar surface area (TPSA) is 38.1 Å². The van der Waals surface area contributed by atoms with Crippen molar-refractivity contribution in [1.82, 2.24) is 9.66 Å². The Balaban J connectivity index is 2.29. The number of carbonyl (C=O) groups is 1. The smallest absolute Gasteiger partial charge is 0.144 e. The van der Waals surface area contributed by atoms with Crippen LogP contribution in [0.4, 0.5) is 0 Å². The van der Waals surface area contributed by atoms with Gasteiger partial charge in [0.25, 0.3) is 0 Å². The maximum absolute atomic E-state index is 10.8. The third-order valence-corrected chi connectivity index (χ3v) is 2.68. The van der Waals surface area contributed by atoms with E-state index in [1.165, 1.54) is 0 Å². The first-order valence-electron chi connectivity index (χ1n) is 4.97. The van der Waals surface area contributed by atoms with Gasteiger partial charge in [-0.3, -0.25) is 0 Å². The summed E-state index contributed by atoms with van der Waals surface area (Å²) in [5, 5.41) is 2.09. The Kier molecular flexibility index (Phi) is 2.27. The number of aromatic nitrogens is 2. The molecule has 0 saturated carbocycles. The van der Waals surface area contributed by atoms with Gasteiger partial charge in [-0.2, -0.15) is 0 Å². The molecule has 4 heteroatoms. The summed E-state index contributed by atoms with van der Waals surface area (Å²) in [7, 11) is 0. The molecule has 2 heterocycles. The minimum absolute atomic E-state index is 0.0299. The van der Waals surface area contributed by atoms with E-state index in [1.807, 2.05) is 24.7 Å². The van der Waals surface area contributed by atoms with Crippen LogP contribution in [0.25, 0.3) is 0 Å². The summed E-state index contributed by atoms with van der Waals surface area (Å²) < 4.78 is 2.00. The number of aryl methyl sites for hydroxylation is 2. The molecule has 1 aromatic heterocycles. The molecule has 0 spiro atoms. The van der Waals surface area contributed by atoms with Gasteiger partial charge in [0, 0.05) is 12.7 Å². The second-order valence-electron chi connectivity index (χ2n) is 3.78. The van der Waals surface area contributed by atoms with Crippen molar-refractivity contribution in [3.63, 3.8) is 0 Å². The standard InChI is InChI=1S/C10H15N3O/c1-8-6-13(9(2)11-8)12-5-3-4-10(12)7-14/h6-7,10H,3-5H2,1-2H3/t10-/m0/s1. The Hall–Kier alpha value is -1.32. The molecule has 0 bridgehead atoms. The van der Waals surface area contributed by atoms with Crippen LogP contribution in [-0.2, 0) is 4.79 Å². The van der Waals surface area contributed by atoms with Crippen LogP contribution in [0.5, 0.6) is 0 Å². The number of imidazole rings is 1. The van der Waals surface area contributed by atoms with Crippen molar-refractivity contribution in [3.8, 4) is 0 Å². The predicted octanol–water partition coefficient (Wildman–Crippen LogP) is 0.799. The van der Waals surface area contributed by atoms with Crippen LogP contribution in [-0.4, -0.2) is 28.5 Å². The molecule has 1 aliphatic heterocycles. The Bertz CT molecular complexity index is 345. The zero-order valence-corrected chi connectivity index (χ0v) is 8.60. The summed E-state index contributed by atoms with van der Waals surface area (Å²) in [5.41, 5.74) is 0.999. The number of carbonyl (C=O) groups excluding carboxylic acids is 1. The predicted molar refractivity (Wildman–Crippen MR) is 53.9 cm³/mol. The van der Waals surface area contributed by atoms with Crippen LogP contribution in [0.3, 0.4) is 0 Å². The Morgan fingerprint density at radius 2 is 2.36 bits per heavy atom. The van der Waals surface area contributed by atoms with Gasteiger partial charge in [0.05, 0.1) is 5.69 Å². The van der Waals surface area contributed by atoms with Gasteiger partial charge in [-0.25, -0.2) is 9.66 Å². The molecule has 4 nitrogen and oxygen atoms in total. The molecule has 0 aromatic carbocycles. The van der Waals surface area contributed by atoms with Crippen LogP contribution in [0.15, 0.2) is 6.20 Å². The highest BCUT2D eigenvalue weighted by molar-refractivity contribution is 5.61. The quantitative estimate of drug-likeness (QED) is 0.652. The van der Waals surface area contributed by atoms with Crippen molar-refractivity contribution in [2.75, 3.05) is 11.6 Å². The van der Waals surface area contributed by atoms with Crippen LogP contribution in [0, 0.1) is 13.8 Å². The lowest BCUT2D eigenvalue weighted by Crippen LogP contribution is -2.40. The fourth-order valence-electron chi connectivity index (χ4n) is 2.05. The van der Waals surface area contributed by atoms with Crippen molar-refractivity contribution < 1.29 is 4.79 Å². The first-order chi connectivity index (χ1) is 6.72. The molecule has 0 amide bonds. The van der Waals surface area contributed by atoms with Gasteiger partial charge in [-0.15, -0.1) is 0 Å². The van der Waals surface area contributed by atoms with E-state index in [1.54, 1.807) is 0 Å². The number of rotatable bonds is 2. The molecule has 0 N–H and O–H groups in total. The second-order valence-corrected chi connectivity index (χ2v) is 3.78. The van der Waals surface area contributed by atoms with Gasteiger partial charge in [0.15, 0.2) is 0 Å². The summed E-state index contributed by atoms with van der Waals surface area (Å²) in [6, 6.07) is 0.0299. The molecule has 1 fully saturated rings. The van der Waals surface area contributed by atoms with E-state index in [9.17, 15) is 4.79 Å². The van der Waals surface area contributed by atoms with Crippen LogP contribution in [0.2, 0.25) is 0 Å². The third kappa shape index (κ3) is 1.41. The van der Waals surface area contributed by atoms with Crippen molar-refractivity contribution in [2.45, 2.75) is 32.7 Å². The highest BCUT2D eigenvalue weighted by atomic mass is 16.1. The maximum atomic E-state index is 10.8. The molecule has 0 radical (unpaired) electrons. The van der Waals surface area contributed by atoms with E-state index in [0.29, 0.717) is 0 Å². The molecule has 2 rings (SSSR count). The van der Waals surface area contributed by atoms with E-state index >= 15 is 0 Å². The molecular formula is C10H15N3O. The average Bonchev–Trinajstić information content (AvgIpc) is 2.71. The van der Waals surface area contributed by atoms with E-state index in [0.717, 1.165) is 37.2 Å². The number of nitrogens with zero attached hydrogens (tertiary/aromatic N) is 3. The van der Waals surface area contributed by atoms with Gasteiger partial charge in [0.1, 0.15) is 18.2 Å². The fraction of sp³-hybridized carbons (Fsp3) is 0.600. The highest BCUT2D eigenvalue weighted by Gasteiger charge is 2.25. The molecule has 0 unspecified atom stereocenters. The highest BCUT2D eigenvalue weighted by Crippen LogP contribution is 2.15. The van der Waals surface area contributed by atoms with E-state index in [-0.39, 0.29) is 6.04 Å². The monoisotopic (exact) mass is 193 g/mol. The largest absolute Gasteiger partial charge is 0.301 e. The third-order valence-electron chi connectivity index (χ3n) is 2.68. The van der Waals surface area contributed by atoms with Crippen molar-refractivity contribution in [2.24, 2.45) is 0 Å². The molecule has 1 saturated heterocycles. The summed E-state index contributed by atoms with van der Waals surface area (Å²) in [4.78, 5) is 15.2. The molecule has 76 valence electrons. The first kappa shape index (κ1) is 9.24. The van der Waals surface area contributed by atoms with E-state index in [4.69, 9.17) is 0 Å². The van der Waals surface area contributed by atoms with Crippen molar-refractivity contribution in [1.29, 1.82) is 0 Å². The summed E-state index contributed by atoms with van der Waals surface area (Å²) in [5.74, 6) is 0.955. The van der Waals surface area contributed by atoms with Gasteiger partial charge >= 0.3 is 0 Å². The molecule has 1 aromatic rings. The lowest BCUT2D eigenvalue weighted by molar-refractivity contribution is -0.109. The zero-order valence-electron chi connectivity index (χ0n) is 8.60. The number of hydrogen-bond acceptors (Lipinski definition) is 3. The van der Waals surface area contributed by atoms with Gasteiger partial charge in [-0.1, -0.05) is 0 Å². The summed E-state index contributed by atoms with van der Waals surface area (Å²) in [6.45, 7) is 4.88. The normalized spacial score (nSPS) is 21.6. The minimum atomic E-state index is 0.0299. The van der Waals surface area contributed by atoms with Crippen molar-refractivity contribution in [3.05, 3.63) is 17.7 Å². The summed E-state index contributed by atoms with van der Waals surface area (Å²) in [6.07, 6.45) is 5.05. The molecule has 0 aliphatic carbocycles. The lowest BCUT2D eigenvalue weighted by atomic mass is 10.2. The fourth-order valence-corrected chi connectivity index (χ4v) is 2.05. The van der Waals surface area contributed by atoms with E-state index < -0.39 is 0 Å². The molecule has 1 aliphatic rings. The SMILES string of the molecule is Cc1cn(N2CCC[C@H]2C=O)c(C)n1. The first-order valence-corrected chi connectivity index (χ1v) is 4.97. The average molecular weight is 193 g/mol. The molecule has 14 heavy (non-hydrogen) atoms. The molecular weight excluding hydrogens is 178 g/mol. The Labute approximate surface area is 83.5 Å². The lowest BCUT2D eigenvalue weighted by Gasteiger charge is -2.24. The van der Waals surface area contributed by atoms with Crippen LogP contribution < -0.4 is 5.01 Å². The van der Waals surface area contributed by atoms with Gasteiger partial charge < -0.3 is 9.80 Å². The van der Waals surface area contributed by atoms with Crippen LogP contribution in [0.1, 0.15) is 24.4 Å². The second kappa shape index (κ2) is 3.44. The van der Waals surface area contributed by atoms with Gasteiger partial charge in [-0.05, 0) is 26.7 Å². The number of hydrogen-bond donors (Lipinski definition) is 0. The molecule has 1 atom stereocenters. The number of aldehydes is 1. The van der Waals surface area contributed by atoms with Gasteiger partial charge in [0.2, 0.25) is 0 Å². The zero-order chi connectivity index (χ0) is 10.1. The van der Waals surface area contributed by atoms with Crippen LogP contribution >= 0.6 is 0 Å². The minimum Gasteiger partial charge on any atom is -0.301 e. The maximum Gasteiger partial charge on any atom is 0.144 e. The Morgan fingerprint density at radius 1 is 1.57 bits per heavy atom. The van der Waals surface area contributed by atoms with E-state index in [2.05, 4.69) is 9.99 Å². The van der Waals surface area contributed by atoms with Crippen molar-refractivity contribution >= 4 is 6.29 Å². The Morgan fingerprint density at radius 3 is 2.93 bits per heavy atom. The summed E-state index contributed by atoms with van der Waals surface area (Å²) >= 11 is 0.